The average Bonchev–Trinajstić information content (AvgIpc) is 3.19. The largest absolute Gasteiger partial charge is 0.338 e. The highest BCUT2D eigenvalue weighted by Gasteiger charge is 2.29. The van der Waals surface area contributed by atoms with Crippen LogP contribution in [-0.2, 0) is 7.05 Å². The number of imidazole rings is 1. The molecule has 26 heavy (non-hydrogen) atoms. The number of piperidine rings is 1. The number of likely N-dealkylation sites (tertiary alicyclic amines) is 1. The van der Waals surface area contributed by atoms with Crippen LogP contribution in [0.5, 0.6) is 0 Å². The monoisotopic (exact) mass is 371 g/mol. The minimum absolute atomic E-state index is 0.142. The molecule has 1 unspecified atom stereocenters. The second kappa shape index (κ2) is 6.35. The summed E-state index contributed by atoms with van der Waals surface area (Å²) in [6.45, 7) is 5.07. The van der Waals surface area contributed by atoms with E-state index in [1.807, 2.05) is 31.7 Å². The van der Waals surface area contributed by atoms with E-state index in [2.05, 4.69) is 9.97 Å². The van der Waals surface area contributed by atoms with Gasteiger partial charge in [0.1, 0.15) is 11.4 Å². The van der Waals surface area contributed by atoms with E-state index in [1.54, 1.807) is 15.5 Å². The second-order valence-corrected chi connectivity index (χ2v) is 8.01. The van der Waals surface area contributed by atoms with Crippen LogP contribution in [-0.4, -0.2) is 42.8 Å². The first-order chi connectivity index (χ1) is 12.5. The average molecular weight is 371 g/mol. The Morgan fingerprint density at radius 1 is 1.31 bits per heavy atom. The quantitative estimate of drug-likeness (QED) is 0.692. The van der Waals surface area contributed by atoms with Crippen LogP contribution in [0.15, 0.2) is 23.4 Å². The van der Waals surface area contributed by atoms with Crippen molar-refractivity contribution in [2.75, 3.05) is 13.1 Å². The van der Waals surface area contributed by atoms with Crippen LogP contribution in [0.3, 0.4) is 0 Å². The molecule has 1 fully saturated rings. The summed E-state index contributed by atoms with van der Waals surface area (Å²) in [5.74, 6) is 0.938. The number of rotatable bonds is 2. The summed E-state index contributed by atoms with van der Waals surface area (Å²) in [5, 5.41) is 0. The van der Waals surface area contributed by atoms with E-state index in [1.165, 1.54) is 17.5 Å². The van der Waals surface area contributed by atoms with Crippen molar-refractivity contribution in [3.63, 3.8) is 0 Å². The predicted octanol–water partition coefficient (Wildman–Crippen LogP) is 2.13. The standard InChI is InChI=1S/C18H21N5O2S/c1-11-12(2)26-18-20-9-14(17(25)23(11)18)16(24)22-7-4-5-13(10-22)15-19-6-8-21(15)3/h6,8-9,13H,4-5,7,10H2,1-3H3. The van der Waals surface area contributed by atoms with Gasteiger partial charge in [0.25, 0.3) is 11.5 Å². The van der Waals surface area contributed by atoms with E-state index in [0.29, 0.717) is 18.1 Å². The van der Waals surface area contributed by atoms with Crippen LogP contribution in [0.4, 0.5) is 0 Å². The maximum atomic E-state index is 13.0. The van der Waals surface area contributed by atoms with Gasteiger partial charge in [-0.1, -0.05) is 0 Å². The molecule has 1 saturated heterocycles. The van der Waals surface area contributed by atoms with E-state index in [4.69, 9.17) is 0 Å². The topological polar surface area (TPSA) is 72.5 Å². The fourth-order valence-electron chi connectivity index (χ4n) is 3.64. The molecule has 1 aliphatic rings. The van der Waals surface area contributed by atoms with Crippen LogP contribution in [0.2, 0.25) is 0 Å². The Kier molecular flexibility index (Phi) is 4.14. The Morgan fingerprint density at radius 2 is 2.12 bits per heavy atom. The molecule has 0 aliphatic carbocycles. The lowest BCUT2D eigenvalue weighted by atomic mass is 9.96. The van der Waals surface area contributed by atoms with Crippen molar-refractivity contribution in [1.82, 2.24) is 23.8 Å². The molecule has 3 aromatic rings. The van der Waals surface area contributed by atoms with Crippen LogP contribution in [0, 0.1) is 13.8 Å². The van der Waals surface area contributed by atoms with E-state index in [0.717, 1.165) is 29.2 Å². The van der Waals surface area contributed by atoms with Crippen molar-refractivity contribution in [2.24, 2.45) is 7.05 Å². The third-order valence-corrected chi connectivity index (χ3v) is 6.25. The zero-order valence-corrected chi connectivity index (χ0v) is 15.9. The molecule has 1 atom stereocenters. The van der Waals surface area contributed by atoms with Crippen LogP contribution >= 0.6 is 11.3 Å². The SMILES string of the molecule is Cc1sc2ncc(C(=O)N3CCCC(c4nccn4C)C3)c(=O)n2c1C. The van der Waals surface area contributed by atoms with Crippen molar-refractivity contribution in [3.8, 4) is 0 Å². The molecular weight excluding hydrogens is 350 g/mol. The normalized spacial score (nSPS) is 17.8. The van der Waals surface area contributed by atoms with Crippen LogP contribution in [0.25, 0.3) is 4.96 Å². The number of amides is 1. The van der Waals surface area contributed by atoms with Crippen molar-refractivity contribution >= 4 is 22.2 Å². The minimum Gasteiger partial charge on any atom is -0.338 e. The van der Waals surface area contributed by atoms with Gasteiger partial charge in [-0.05, 0) is 26.7 Å². The summed E-state index contributed by atoms with van der Waals surface area (Å²) in [6.07, 6.45) is 7.02. The number of nitrogens with zero attached hydrogens (tertiary/aromatic N) is 5. The lowest BCUT2D eigenvalue weighted by molar-refractivity contribution is 0.0701. The van der Waals surface area contributed by atoms with Gasteiger partial charge in [-0.15, -0.1) is 11.3 Å². The van der Waals surface area contributed by atoms with E-state index in [-0.39, 0.29) is 22.9 Å². The lowest BCUT2D eigenvalue weighted by Crippen LogP contribution is -2.42. The van der Waals surface area contributed by atoms with Gasteiger partial charge in [0.05, 0.1) is 0 Å². The van der Waals surface area contributed by atoms with Gasteiger partial charge in [0, 0.05) is 55.2 Å². The van der Waals surface area contributed by atoms with Gasteiger partial charge in [-0.2, -0.15) is 0 Å². The molecule has 8 heteroatoms. The van der Waals surface area contributed by atoms with Gasteiger partial charge in [0.2, 0.25) is 0 Å². The van der Waals surface area contributed by atoms with Gasteiger partial charge < -0.3 is 9.47 Å². The highest BCUT2D eigenvalue weighted by atomic mass is 32.1. The molecule has 4 rings (SSSR count). The van der Waals surface area contributed by atoms with E-state index < -0.39 is 0 Å². The molecule has 1 amide bonds. The first kappa shape index (κ1) is 17.0. The van der Waals surface area contributed by atoms with Gasteiger partial charge in [-0.3, -0.25) is 14.0 Å². The number of carbonyl (C=O) groups excluding carboxylic acids is 1. The lowest BCUT2D eigenvalue weighted by Gasteiger charge is -2.32. The Balaban J connectivity index is 1.66. The summed E-state index contributed by atoms with van der Waals surface area (Å²) < 4.78 is 3.55. The highest BCUT2D eigenvalue weighted by molar-refractivity contribution is 7.17. The molecule has 0 saturated carbocycles. The van der Waals surface area contributed by atoms with Gasteiger partial charge >= 0.3 is 0 Å². The fourth-order valence-corrected chi connectivity index (χ4v) is 4.57. The van der Waals surface area contributed by atoms with Crippen LogP contribution in [0.1, 0.15) is 45.5 Å². The molecular formula is C18H21N5O2S. The molecule has 0 aromatic carbocycles. The van der Waals surface area contributed by atoms with Gasteiger partial charge in [-0.25, -0.2) is 9.97 Å². The molecule has 3 aromatic heterocycles. The first-order valence-corrected chi connectivity index (χ1v) is 9.53. The predicted molar refractivity (Wildman–Crippen MR) is 99.9 cm³/mol. The number of thiazole rings is 1. The fraction of sp³-hybridized carbons (Fsp3) is 0.444. The molecule has 7 nitrogen and oxygen atoms in total. The number of hydrogen-bond donors (Lipinski definition) is 0. The summed E-state index contributed by atoms with van der Waals surface area (Å²) in [4.78, 5) is 38.1. The molecule has 4 heterocycles. The zero-order chi connectivity index (χ0) is 18.4. The molecule has 0 N–H and O–H groups in total. The Bertz CT molecular complexity index is 1050. The number of aryl methyl sites for hydroxylation is 3. The summed E-state index contributed by atoms with van der Waals surface area (Å²) in [6, 6.07) is 0. The molecule has 0 radical (unpaired) electrons. The van der Waals surface area contributed by atoms with Crippen molar-refractivity contribution in [1.29, 1.82) is 0 Å². The molecule has 0 bridgehead atoms. The molecule has 1 aliphatic heterocycles. The van der Waals surface area contributed by atoms with Crippen molar-refractivity contribution in [2.45, 2.75) is 32.6 Å². The molecule has 136 valence electrons. The first-order valence-electron chi connectivity index (χ1n) is 8.71. The number of aromatic nitrogens is 4. The number of hydrogen-bond acceptors (Lipinski definition) is 5. The Morgan fingerprint density at radius 3 is 2.85 bits per heavy atom. The zero-order valence-electron chi connectivity index (χ0n) is 15.1. The number of fused-ring (bicyclic) bond motifs is 1. The smallest absolute Gasteiger partial charge is 0.271 e. The second-order valence-electron chi connectivity index (χ2n) is 6.83. The number of carbonyl (C=O) groups is 1. The maximum Gasteiger partial charge on any atom is 0.271 e. The van der Waals surface area contributed by atoms with E-state index in [9.17, 15) is 9.59 Å². The third kappa shape index (κ3) is 2.65. The van der Waals surface area contributed by atoms with Crippen LogP contribution < -0.4 is 5.56 Å². The molecule has 0 spiro atoms. The maximum absolute atomic E-state index is 13.0. The van der Waals surface area contributed by atoms with Crippen molar-refractivity contribution in [3.05, 3.63) is 50.9 Å². The Labute approximate surface area is 154 Å². The summed E-state index contributed by atoms with van der Waals surface area (Å²) in [5.41, 5.74) is 0.714. The van der Waals surface area contributed by atoms with Crippen molar-refractivity contribution < 1.29 is 4.79 Å². The summed E-state index contributed by atoms with van der Waals surface area (Å²) in [7, 11) is 1.97. The third-order valence-electron chi connectivity index (χ3n) is 5.18. The van der Waals surface area contributed by atoms with Gasteiger partial charge in [0.15, 0.2) is 4.96 Å². The Hall–Kier alpha value is -2.48. The minimum atomic E-state index is -0.277. The van der Waals surface area contributed by atoms with E-state index >= 15 is 0 Å². The summed E-state index contributed by atoms with van der Waals surface area (Å²) >= 11 is 1.47. The highest BCUT2D eigenvalue weighted by Crippen LogP contribution is 2.26.